The van der Waals surface area contributed by atoms with Crippen molar-refractivity contribution in [3.63, 3.8) is 0 Å². The number of ether oxygens (including phenoxy) is 2. The van der Waals surface area contributed by atoms with E-state index in [4.69, 9.17) is 21.1 Å². The predicted octanol–water partition coefficient (Wildman–Crippen LogP) is 4.71. The minimum atomic E-state index is -0.559. The van der Waals surface area contributed by atoms with Crippen LogP contribution >= 0.6 is 11.6 Å². The third-order valence-electron chi connectivity index (χ3n) is 4.41. The molecule has 0 saturated heterocycles. The number of amides is 1. The second-order valence-electron chi connectivity index (χ2n) is 6.77. The van der Waals surface area contributed by atoms with Crippen LogP contribution in [0.25, 0.3) is 0 Å². The Labute approximate surface area is 185 Å². The number of nitrogens with zero attached hydrogens (tertiary/aromatic N) is 1. The number of benzene rings is 3. The van der Waals surface area contributed by atoms with Gasteiger partial charge in [0.2, 0.25) is 0 Å². The first-order chi connectivity index (χ1) is 14.9. The maximum Gasteiger partial charge on any atom is 0.345 e. The number of hydrogen-bond donors (Lipinski definition) is 1. The second-order valence-corrected chi connectivity index (χ2v) is 7.18. The van der Waals surface area contributed by atoms with E-state index in [1.54, 1.807) is 48.5 Å². The minimum absolute atomic E-state index is 0.157. The zero-order valence-electron chi connectivity index (χ0n) is 17.1. The van der Waals surface area contributed by atoms with Crippen LogP contribution in [0.2, 0.25) is 5.02 Å². The standard InChI is InChI=1S/C24H21ClN2O4/c1-16-10-11-19(12-17(16)2)30-15-23(28)27-26-14-18-6-5-7-20(13-18)31-24(29)21-8-3-4-9-22(21)25/h3-14H,15H2,1-2H3,(H,27,28)/b26-14+. The molecule has 0 radical (unpaired) electrons. The zero-order chi connectivity index (χ0) is 22.2. The van der Waals surface area contributed by atoms with Crippen LogP contribution < -0.4 is 14.9 Å². The van der Waals surface area contributed by atoms with Crippen LogP contribution in [0.15, 0.2) is 71.8 Å². The Morgan fingerprint density at radius 3 is 2.55 bits per heavy atom. The highest BCUT2D eigenvalue weighted by Crippen LogP contribution is 2.19. The summed E-state index contributed by atoms with van der Waals surface area (Å²) in [5.74, 6) is 0.000740. The molecule has 0 atom stereocenters. The van der Waals surface area contributed by atoms with Crippen molar-refractivity contribution in [2.24, 2.45) is 5.10 Å². The first-order valence-electron chi connectivity index (χ1n) is 9.51. The van der Waals surface area contributed by atoms with Crippen LogP contribution in [0.4, 0.5) is 0 Å². The summed E-state index contributed by atoms with van der Waals surface area (Å²) in [7, 11) is 0. The number of halogens is 1. The molecule has 0 aliphatic rings. The summed E-state index contributed by atoms with van der Waals surface area (Å²) in [5, 5.41) is 4.23. The monoisotopic (exact) mass is 436 g/mol. The fraction of sp³-hybridized carbons (Fsp3) is 0.125. The lowest BCUT2D eigenvalue weighted by molar-refractivity contribution is -0.123. The molecule has 0 saturated carbocycles. The third-order valence-corrected chi connectivity index (χ3v) is 4.74. The van der Waals surface area contributed by atoms with Gasteiger partial charge in [-0.05, 0) is 66.9 Å². The molecule has 1 N–H and O–H groups in total. The largest absolute Gasteiger partial charge is 0.484 e. The van der Waals surface area contributed by atoms with E-state index >= 15 is 0 Å². The van der Waals surface area contributed by atoms with Crippen molar-refractivity contribution >= 4 is 29.7 Å². The van der Waals surface area contributed by atoms with Crippen molar-refractivity contribution in [3.05, 3.63) is 94.0 Å². The van der Waals surface area contributed by atoms with Crippen LogP contribution in [-0.4, -0.2) is 24.7 Å². The Morgan fingerprint density at radius 2 is 1.77 bits per heavy atom. The van der Waals surface area contributed by atoms with Crippen LogP contribution in [0.3, 0.4) is 0 Å². The van der Waals surface area contributed by atoms with Crippen LogP contribution in [0, 0.1) is 13.8 Å². The maximum absolute atomic E-state index is 12.3. The van der Waals surface area contributed by atoms with Gasteiger partial charge in [-0.2, -0.15) is 5.10 Å². The highest BCUT2D eigenvalue weighted by atomic mass is 35.5. The summed E-state index contributed by atoms with van der Waals surface area (Å²) in [5.41, 5.74) is 5.56. The van der Waals surface area contributed by atoms with Gasteiger partial charge in [-0.3, -0.25) is 4.79 Å². The quantitative estimate of drug-likeness (QED) is 0.252. The van der Waals surface area contributed by atoms with Crippen molar-refractivity contribution in [3.8, 4) is 11.5 Å². The number of carbonyl (C=O) groups is 2. The van der Waals surface area contributed by atoms with Gasteiger partial charge >= 0.3 is 5.97 Å². The summed E-state index contributed by atoms with van der Waals surface area (Å²) in [4.78, 5) is 24.2. The number of esters is 1. The van der Waals surface area contributed by atoms with E-state index in [2.05, 4.69) is 10.5 Å². The van der Waals surface area contributed by atoms with Gasteiger partial charge in [-0.25, -0.2) is 10.2 Å². The number of carbonyl (C=O) groups excluding carboxylic acids is 2. The van der Waals surface area contributed by atoms with Gasteiger partial charge in [0.15, 0.2) is 6.61 Å². The van der Waals surface area contributed by atoms with Crippen LogP contribution in [0.1, 0.15) is 27.0 Å². The summed E-state index contributed by atoms with van der Waals surface area (Å²) < 4.78 is 10.8. The molecular weight excluding hydrogens is 416 g/mol. The maximum atomic E-state index is 12.3. The summed E-state index contributed by atoms with van der Waals surface area (Å²) in [6.07, 6.45) is 1.45. The summed E-state index contributed by atoms with van der Waals surface area (Å²) >= 11 is 6.02. The topological polar surface area (TPSA) is 77.0 Å². The molecule has 0 aliphatic heterocycles. The molecule has 3 aromatic carbocycles. The number of rotatable bonds is 7. The lowest BCUT2D eigenvalue weighted by Gasteiger charge is -2.07. The lowest BCUT2D eigenvalue weighted by atomic mass is 10.1. The van der Waals surface area contributed by atoms with Gasteiger partial charge in [0.05, 0.1) is 16.8 Å². The molecule has 158 valence electrons. The molecule has 3 rings (SSSR count). The second kappa shape index (κ2) is 10.4. The van der Waals surface area contributed by atoms with E-state index in [0.29, 0.717) is 22.1 Å². The Morgan fingerprint density at radius 1 is 0.968 bits per heavy atom. The molecule has 0 aromatic heterocycles. The van der Waals surface area contributed by atoms with E-state index in [-0.39, 0.29) is 12.2 Å². The van der Waals surface area contributed by atoms with Crippen molar-refractivity contribution in [2.45, 2.75) is 13.8 Å². The summed E-state index contributed by atoms with van der Waals surface area (Å²) in [6.45, 7) is 3.83. The molecule has 0 aliphatic carbocycles. The van der Waals surface area contributed by atoms with Gasteiger partial charge in [-0.15, -0.1) is 0 Å². The van der Waals surface area contributed by atoms with Crippen LogP contribution in [0.5, 0.6) is 11.5 Å². The number of hydrogen-bond acceptors (Lipinski definition) is 5. The Kier molecular flexibility index (Phi) is 7.40. The number of nitrogens with one attached hydrogen (secondary N) is 1. The Balaban J connectivity index is 1.53. The molecule has 0 spiro atoms. The summed E-state index contributed by atoms with van der Waals surface area (Å²) in [6, 6.07) is 19.0. The Bertz CT molecular complexity index is 1130. The van der Waals surface area contributed by atoms with Crippen molar-refractivity contribution in [1.29, 1.82) is 0 Å². The smallest absolute Gasteiger partial charge is 0.345 e. The van der Waals surface area contributed by atoms with E-state index in [1.165, 1.54) is 6.21 Å². The minimum Gasteiger partial charge on any atom is -0.484 e. The van der Waals surface area contributed by atoms with E-state index in [1.807, 2.05) is 32.0 Å². The first kappa shape index (κ1) is 22.1. The zero-order valence-corrected chi connectivity index (χ0v) is 17.8. The molecule has 7 heteroatoms. The van der Waals surface area contributed by atoms with Gasteiger partial charge in [-0.1, -0.05) is 41.9 Å². The molecule has 31 heavy (non-hydrogen) atoms. The molecule has 1 amide bonds. The van der Waals surface area contributed by atoms with Gasteiger partial charge in [0.1, 0.15) is 11.5 Å². The van der Waals surface area contributed by atoms with Crippen molar-refractivity contribution < 1.29 is 19.1 Å². The average Bonchev–Trinajstić information content (AvgIpc) is 2.75. The van der Waals surface area contributed by atoms with Crippen LogP contribution in [-0.2, 0) is 4.79 Å². The SMILES string of the molecule is Cc1ccc(OCC(=O)N/N=C/c2cccc(OC(=O)c3ccccc3Cl)c2)cc1C. The van der Waals surface area contributed by atoms with E-state index in [9.17, 15) is 9.59 Å². The Hall–Kier alpha value is -3.64. The molecule has 3 aromatic rings. The number of hydrazone groups is 1. The van der Waals surface area contributed by atoms with Crippen molar-refractivity contribution in [1.82, 2.24) is 5.43 Å². The third kappa shape index (κ3) is 6.42. The molecule has 0 heterocycles. The molecule has 0 unspecified atom stereocenters. The molecule has 6 nitrogen and oxygen atoms in total. The van der Waals surface area contributed by atoms with E-state index in [0.717, 1.165) is 11.1 Å². The average molecular weight is 437 g/mol. The fourth-order valence-electron chi connectivity index (χ4n) is 2.61. The van der Waals surface area contributed by atoms with Crippen molar-refractivity contribution in [2.75, 3.05) is 6.61 Å². The normalized spacial score (nSPS) is 10.7. The molecule has 0 fully saturated rings. The predicted molar refractivity (Wildman–Crippen MR) is 120 cm³/mol. The molecular formula is C24H21ClN2O4. The fourth-order valence-corrected chi connectivity index (χ4v) is 2.82. The highest BCUT2D eigenvalue weighted by Gasteiger charge is 2.12. The van der Waals surface area contributed by atoms with Gasteiger partial charge in [0.25, 0.3) is 5.91 Å². The lowest BCUT2D eigenvalue weighted by Crippen LogP contribution is -2.24. The number of aryl methyl sites for hydroxylation is 2. The first-order valence-corrected chi connectivity index (χ1v) is 9.89. The molecule has 0 bridgehead atoms. The van der Waals surface area contributed by atoms with Gasteiger partial charge in [0, 0.05) is 0 Å². The highest BCUT2D eigenvalue weighted by molar-refractivity contribution is 6.33. The van der Waals surface area contributed by atoms with Gasteiger partial charge < -0.3 is 9.47 Å². The van der Waals surface area contributed by atoms with E-state index < -0.39 is 11.9 Å².